The molecule has 3 rings (SSSR count). The number of anilines is 1. The lowest BCUT2D eigenvalue weighted by atomic mass is 9.98. The zero-order valence-electron chi connectivity index (χ0n) is 14.1. The average Bonchev–Trinajstić information content (AvgIpc) is 3.05. The Labute approximate surface area is 143 Å². The van der Waals surface area contributed by atoms with Crippen molar-refractivity contribution in [2.45, 2.75) is 26.8 Å². The van der Waals surface area contributed by atoms with E-state index in [4.69, 9.17) is 0 Å². The van der Waals surface area contributed by atoms with Gasteiger partial charge in [-0.05, 0) is 31.9 Å². The molecule has 0 radical (unpaired) electrons. The Kier molecular flexibility index (Phi) is 3.86. The summed E-state index contributed by atoms with van der Waals surface area (Å²) in [6, 6.07) is 2.43. The van der Waals surface area contributed by atoms with Crippen LogP contribution in [0.2, 0.25) is 0 Å². The summed E-state index contributed by atoms with van der Waals surface area (Å²) in [5.74, 6) is -3.35. The van der Waals surface area contributed by atoms with Gasteiger partial charge in [0.2, 0.25) is 5.91 Å². The molecule has 9 nitrogen and oxygen atoms in total. The number of ether oxygens (including phenoxy) is 1. The number of imide groups is 1. The van der Waals surface area contributed by atoms with Crippen LogP contribution in [0.15, 0.2) is 22.5 Å². The van der Waals surface area contributed by atoms with Crippen LogP contribution in [0.25, 0.3) is 0 Å². The molecule has 2 atom stereocenters. The fourth-order valence-corrected chi connectivity index (χ4v) is 3.48. The highest BCUT2D eigenvalue weighted by atomic mass is 16.5. The first-order chi connectivity index (χ1) is 11.8. The number of carbonyl (C=O) groups excluding carboxylic acids is 3. The van der Waals surface area contributed by atoms with Crippen LogP contribution in [-0.2, 0) is 19.1 Å². The quantitative estimate of drug-likeness (QED) is 0.460. The Balaban J connectivity index is 2.12. The Bertz CT molecular complexity index is 824. The van der Waals surface area contributed by atoms with Gasteiger partial charge in [0.25, 0.3) is 5.91 Å². The van der Waals surface area contributed by atoms with E-state index in [1.165, 1.54) is 0 Å². The number of nitrogens with zero attached hydrogens (tertiary/aromatic N) is 4. The van der Waals surface area contributed by atoms with Gasteiger partial charge in [0.05, 0.1) is 18.1 Å². The van der Waals surface area contributed by atoms with Crippen molar-refractivity contribution >= 4 is 29.2 Å². The number of benzene rings is 1. The fourth-order valence-electron chi connectivity index (χ4n) is 3.48. The van der Waals surface area contributed by atoms with E-state index in [9.17, 15) is 19.3 Å². The summed E-state index contributed by atoms with van der Waals surface area (Å²) in [5.41, 5.74) is 2.62. The number of fused-ring (bicyclic) bond motifs is 1. The van der Waals surface area contributed by atoms with Crippen LogP contribution < -0.4 is 4.90 Å². The maximum Gasteiger partial charge on any atom is 0.355 e. The van der Waals surface area contributed by atoms with Gasteiger partial charge in [-0.15, -0.1) is 15.1 Å². The van der Waals surface area contributed by atoms with E-state index in [1.54, 1.807) is 13.8 Å². The molecule has 0 bridgehead atoms. The lowest BCUT2D eigenvalue weighted by Gasteiger charge is -2.21. The smallest absolute Gasteiger partial charge is 0.355 e. The first kappa shape index (κ1) is 16.7. The van der Waals surface area contributed by atoms with Crippen LogP contribution in [0.3, 0.4) is 0 Å². The van der Waals surface area contributed by atoms with E-state index in [-0.39, 0.29) is 5.71 Å². The molecule has 0 aromatic heterocycles. The van der Waals surface area contributed by atoms with Crippen molar-refractivity contribution in [2.24, 2.45) is 16.3 Å². The van der Waals surface area contributed by atoms with Crippen LogP contribution in [0.5, 0.6) is 0 Å². The van der Waals surface area contributed by atoms with Gasteiger partial charge < -0.3 is 4.74 Å². The van der Waals surface area contributed by atoms with Crippen molar-refractivity contribution < 1.29 is 19.1 Å². The average molecular weight is 344 g/mol. The lowest BCUT2D eigenvalue weighted by molar-refractivity contribution is -0.133. The van der Waals surface area contributed by atoms with E-state index in [0.29, 0.717) is 10.8 Å². The maximum atomic E-state index is 12.9. The van der Waals surface area contributed by atoms with Gasteiger partial charge in [-0.2, -0.15) is 0 Å². The van der Waals surface area contributed by atoms with Gasteiger partial charge in [-0.1, -0.05) is 17.7 Å². The minimum atomic E-state index is -1.26. The molecule has 1 fully saturated rings. The van der Waals surface area contributed by atoms with E-state index in [2.05, 4.69) is 15.1 Å². The van der Waals surface area contributed by atoms with Gasteiger partial charge in [0.15, 0.2) is 11.8 Å². The topological polar surface area (TPSA) is 109 Å². The summed E-state index contributed by atoms with van der Waals surface area (Å²) in [6.45, 7) is 5.48. The molecule has 2 amide bonds. The molecule has 0 N–H and O–H groups in total. The largest absolute Gasteiger partial charge is 0.464 e. The summed E-state index contributed by atoms with van der Waals surface area (Å²) < 4.78 is 4.60. The molecule has 0 saturated carbocycles. The van der Waals surface area contributed by atoms with Crippen molar-refractivity contribution in [2.75, 3.05) is 12.0 Å². The third-order valence-electron chi connectivity index (χ3n) is 4.37. The standard InChI is InChI=1S/C16H16N4O5/c1-7-5-8(2)12(9(3)6-7)19-14(21)10-11(16(23)25-4)17-20(18-24)13(10)15(19)22/h5-6,10,13H,1-4H3/t10-,13+/m0/s1. The van der Waals surface area contributed by atoms with E-state index >= 15 is 0 Å². The summed E-state index contributed by atoms with van der Waals surface area (Å²) >= 11 is 0. The first-order valence-corrected chi connectivity index (χ1v) is 7.56. The molecule has 0 unspecified atom stereocenters. The van der Waals surface area contributed by atoms with E-state index in [0.717, 1.165) is 28.7 Å². The molecule has 1 saturated heterocycles. The Morgan fingerprint density at radius 1 is 1.16 bits per heavy atom. The molecule has 0 spiro atoms. The second kappa shape index (κ2) is 5.76. The van der Waals surface area contributed by atoms with Crippen molar-refractivity contribution in [3.63, 3.8) is 0 Å². The van der Waals surface area contributed by atoms with Gasteiger partial charge in [-0.25, -0.2) is 9.69 Å². The predicted octanol–water partition coefficient (Wildman–Crippen LogP) is 0.996. The summed E-state index contributed by atoms with van der Waals surface area (Å²) in [4.78, 5) is 49.7. The van der Waals surface area contributed by atoms with E-state index < -0.39 is 29.7 Å². The Morgan fingerprint density at radius 2 is 1.76 bits per heavy atom. The van der Waals surface area contributed by atoms with Gasteiger partial charge in [0.1, 0.15) is 5.92 Å². The van der Waals surface area contributed by atoms with Gasteiger partial charge in [-0.3, -0.25) is 9.59 Å². The fraction of sp³-hybridized carbons (Fsp3) is 0.375. The molecular formula is C16H16N4O5. The molecule has 2 aliphatic rings. The number of hydrazone groups is 1. The highest BCUT2D eigenvalue weighted by Gasteiger charge is 2.60. The molecule has 9 heteroatoms. The van der Waals surface area contributed by atoms with Crippen LogP contribution in [0, 0.1) is 31.6 Å². The zero-order valence-corrected chi connectivity index (χ0v) is 14.1. The molecular weight excluding hydrogens is 328 g/mol. The van der Waals surface area contributed by atoms with Gasteiger partial charge >= 0.3 is 5.97 Å². The highest BCUT2D eigenvalue weighted by Crippen LogP contribution is 2.38. The number of esters is 1. The Hall–Kier alpha value is -3.10. The monoisotopic (exact) mass is 344 g/mol. The predicted molar refractivity (Wildman–Crippen MR) is 87.5 cm³/mol. The molecule has 2 heterocycles. The third kappa shape index (κ3) is 2.31. The van der Waals surface area contributed by atoms with Crippen molar-refractivity contribution in [1.82, 2.24) is 5.12 Å². The second-order valence-corrected chi connectivity index (χ2v) is 6.06. The molecule has 25 heavy (non-hydrogen) atoms. The summed E-state index contributed by atoms with van der Waals surface area (Å²) in [5, 5.41) is 6.90. The second-order valence-electron chi connectivity index (χ2n) is 6.06. The maximum absolute atomic E-state index is 12.9. The van der Waals surface area contributed by atoms with Crippen LogP contribution >= 0.6 is 0 Å². The molecule has 2 aliphatic heterocycles. The minimum absolute atomic E-state index is 0.296. The van der Waals surface area contributed by atoms with E-state index in [1.807, 2.05) is 19.1 Å². The zero-order chi connectivity index (χ0) is 18.5. The number of nitroso groups, excluding NO2 is 1. The number of hydrogen-bond acceptors (Lipinski definition) is 7. The van der Waals surface area contributed by atoms with Gasteiger partial charge in [0, 0.05) is 0 Å². The Morgan fingerprint density at radius 3 is 2.28 bits per heavy atom. The third-order valence-corrected chi connectivity index (χ3v) is 4.37. The summed E-state index contributed by atoms with van der Waals surface area (Å²) in [7, 11) is 1.13. The SMILES string of the molecule is COC(=O)C1=NN(N=O)[C@H]2C(=O)N(c3c(C)cc(C)cc3C)C(=O)[C@@H]12. The molecule has 1 aromatic rings. The molecule has 0 aliphatic carbocycles. The van der Waals surface area contributed by atoms with Crippen molar-refractivity contribution in [3.8, 4) is 0 Å². The number of amides is 2. The lowest BCUT2D eigenvalue weighted by Crippen LogP contribution is -2.37. The van der Waals surface area contributed by atoms with Crippen LogP contribution in [-0.4, -0.2) is 41.8 Å². The van der Waals surface area contributed by atoms with Crippen molar-refractivity contribution in [1.29, 1.82) is 0 Å². The molecule has 1 aromatic carbocycles. The molecule has 130 valence electrons. The first-order valence-electron chi connectivity index (χ1n) is 7.56. The minimum Gasteiger partial charge on any atom is -0.464 e. The number of hydrogen-bond donors (Lipinski definition) is 0. The normalized spacial score (nSPS) is 22.2. The van der Waals surface area contributed by atoms with Crippen LogP contribution in [0.1, 0.15) is 16.7 Å². The number of rotatable bonds is 3. The van der Waals surface area contributed by atoms with Crippen molar-refractivity contribution in [3.05, 3.63) is 33.7 Å². The number of methoxy groups -OCH3 is 1. The summed E-state index contributed by atoms with van der Waals surface area (Å²) in [6.07, 6.45) is 0. The highest BCUT2D eigenvalue weighted by molar-refractivity contribution is 6.46. The van der Waals surface area contributed by atoms with Crippen LogP contribution in [0.4, 0.5) is 5.69 Å². The number of carbonyl (C=O) groups is 3. The number of aryl methyl sites for hydroxylation is 3.